The van der Waals surface area contributed by atoms with Gasteiger partial charge in [0.2, 0.25) is 0 Å². The molecule has 21 heavy (non-hydrogen) atoms. The Morgan fingerprint density at radius 2 is 1.62 bits per heavy atom. The van der Waals surface area contributed by atoms with Gasteiger partial charge in [0, 0.05) is 12.1 Å². The first-order chi connectivity index (χ1) is 10.2. The summed E-state index contributed by atoms with van der Waals surface area (Å²) in [6, 6.07) is 1.48. The zero-order valence-corrected chi connectivity index (χ0v) is 14.7. The van der Waals surface area contributed by atoms with Gasteiger partial charge in [-0.05, 0) is 76.9 Å². The highest BCUT2D eigenvalue weighted by molar-refractivity contribution is 4.85. The lowest BCUT2D eigenvalue weighted by Crippen LogP contribution is -2.48. The maximum absolute atomic E-state index is 4.03. The van der Waals surface area contributed by atoms with Gasteiger partial charge in [0.25, 0.3) is 0 Å². The predicted molar refractivity (Wildman–Crippen MR) is 92.7 cm³/mol. The third-order valence-corrected chi connectivity index (χ3v) is 6.01. The maximum Gasteiger partial charge on any atom is 0.00952 e. The number of rotatable bonds is 7. The minimum Gasteiger partial charge on any atom is -0.311 e. The van der Waals surface area contributed by atoms with Crippen molar-refractivity contribution in [2.45, 2.75) is 90.6 Å². The highest BCUT2D eigenvalue weighted by Gasteiger charge is 2.28. The molecule has 0 radical (unpaired) electrons. The monoisotopic (exact) mass is 294 g/mol. The summed E-state index contributed by atoms with van der Waals surface area (Å²) < 4.78 is 0. The van der Waals surface area contributed by atoms with Gasteiger partial charge in [0.1, 0.15) is 0 Å². The van der Waals surface area contributed by atoms with Gasteiger partial charge in [-0.3, -0.25) is 0 Å². The van der Waals surface area contributed by atoms with E-state index in [-0.39, 0.29) is 0 Å². The third kappa shape index (κ3) is 5.25. The number of nitrogens with zero attached hydrogens (tertiary/aromatic N) is 1. The molecule has 0 aromatic carbocycles. The van der Waals surface area contributed by atoms with E-state index in [0.717, 1.165) is 17.9 Å². The Morgan fingerprint density at radius 1 is 0.952 bits per heavy atom. The van der Waals surface area contributed by atoms with Crippen LogP contribution in [0.4, 0.5) is 0 Å². The van der Waals surface area contributed by atoms with Crippen molar-refractivity contribution in [3.8, 4) is 0 Å². The van der Waals surface area contributed by atoms with E-state index in [1.165, 1.54) is 77.4 Å². The first kappa shape index (κ1) is 17.3. The molecule has 1 saturated carbocycles. The topological polar surface area (TPSA) is 15.3 Å². The van der Waals surface area contributed by atoms with Crippen molar-refractivity contribution in [1.29, 1.82) is 0 Å². The lowest BCUT2D eigenvalue weighted by Gasteiger charge is -2.38. The quantitative estimate of drug-likeness (QED) is 0.746. The summed E-state index contributed by atoms with van der Waals surface area (Å²) in [5.74, 6) is 1.85. The fraction of sp³-hybridized carbons (Fsp3) is 1.00. The van der Waals surface area contributed by atoms with Crippen molar-refractivity contribution >= 4 is 0 Å². The van der Waals surface area contributed by atoms with Gasteiger partial charge in [0.05, 0.1) is 0 Å². The molecule has 2 unspecified atom stereocenters. The van der Waals surface area contributed by atoms with Crippen molar-refractivity contribution < 1.29 is 0 Å². The molecule has 2 aliphatic rings. The van der Waals surface area contributed by atoms with E-state index in [0.29, 0.717) is 6.04 Å². The number of piperidine rings is 1. The van der Waals surface area contributed by atoms with E-state index in [1.807, 2.05) is 0 Å². The Hall–Kier alpha value is -0.0800. The lowest BCUT2D eigenvalue weighted by atomic mass is 9.81. The predicted octanol–water partition coefficient (Wildman–Crippen LogP) is 4.45. The molecule has 0 bridgehead atoms. The highest BCUT2D eigenvalue weighted by Crippen LogP contribution is 2.29. The molecule has 2 atom stereocenters. The van der Waals surface area contributed by atoms with E-state index in [1.54, 1.807) is 0 Å². The Balaban J connectivity index is 1.75. The van der Waals surface area contributed by atoms with Crippen molar-refractivity contribution in [1.82, 2.24) is 10.2 Å². The third-order valence-electron chi connectivity index (χ3n) is 6.01. The van der Waals surface area contributed by atoms with E-state index in [4.69, 9.17) is 0 Å². The molecule has 0 aromatic heterocycles. The van der Waals surface area contributed by atoms with Gasteiger partial charge in [0.15, 0.2) is 0 Å². The number of likely N-dealkylation sites (tertiary alicyclic amines) is 1. The normalized spacial score (nSPS) is 25.9. The van der Waals surface area contributed by atoms with Crippen molar-refractivity contribution in [3.63, 3.8) is 0 Å². The van der Waals surface area contributed by atoms with Crippen LogP contribution in [0.3, 0.4) is 0 Å². The van der Waals surface area contributed by atoms with Crippen LogP contribution in [0.1, 0.15) is 78.6 Å². The summed E-state index contributed by atoms with van der Waals surface area (Å²) in [6.07, 6.45) is 12.7. The second-order valence-electron chi connectivity index (χ2n) is 7.55. The van der Waals surface area contributed by atoms with Crippen LogP contribution in [-0.2, 0) is 0 Å². The van der Waals surface area contributed by atoms with Crippen LogP contribution in [0, 0.1) is 11.8 Å². The molecule has 2 fully saturated rings. The second-order valence-corrected chi connectivity index (χ2v) is 7.55. The fourth-order valence-electron chi connectivity index (χ4n) is 4.59. The summed E-state index contributed by atoms with van der Waals surface area (Å²) in [5, 5.41) is 4.03. The van der Waals surface area contributed by atoms with Crippen LogP contribution in [-0.4, -0.2) is 36.6 Å². The number of nitrogens with one attached hydrogen (secondary N) is 1. The first-order valence-corrected chi connectivity index (χ1v) is 9.73. The molecular formula is C19H38N2. The summed E-state index contributed by atoms with van der Waals surface area (Å²) in [4.78, 5) is 2.65. The molecule has 124 valence electrons. The smallest absolute Gasteiger partial charge is 0.00952 e. The zero-order valence-electron chi connectivity index (χ0n) is 14.7. The molecule has 1 aliphatic carbocycles. The van der Waals surface area contributed by atoms with Crippen molar-refractivity contribution in [2.24, 2.45) is 11.8 Å². The number of hydrogen-bond acceptors (Lipinski definition) is 2. The molecule has 2 nitrogen and oxygen atoms in total. The molecule has 1 aliphatic heterocycles. The molecule has 2 heteroatoms. The van der Waals surface area contributed by atoms with Crippen LogP contribution in [0.2, 0.25) is 0 Å². The molecule has 2 rings (SSSR count). The van der Waals surface area contributed by atoms with Gasteiger partial charge < -0.3 is 10.2 Å². The summed E-state index contributed by atoms with van der Waals surface area (Å²) >= 11 is 0. The zero-order chi connectivity index (χ0) is 15.1. The second kappa shape index (κ2) is 9.15. The lowest BCUT2D eigenvalue weighted by molar-refractivity contribution is 0.147. The standard InChI is InChI=1S/C19H38N2/c1-4-13-21-14-11-17(12-15-21)16(3)20-19(5-2)18-9-7-6-8-10-18/h16-20H,4-15H2,1-3H3. The molecule has 1 N–H and O–H groups in total. The molecule has 0 amide bonds. The molecule has 1 saturated heterocycles. The minimum atomic E-state index is 0.709. The summed E-state index contributed by atoms with van der Waals surface area (Å²) in [5.41, 5.74) is 0. The van der Waals surface area contributed by atoms with Crippen LogP contribution < -0.4 is 5.32 Å². The highest BCUT2D eigenvalue weighted by atomic mass is 15.1. The Kier molecular flexibility index (Phi) is 7.53. The maximum atomic E-state index is 4.03. The van der Waals surface area contributed by atoms with E-state index in [2.05, 4.69) is 31.0 Å². The van der Waals surface area contributed by atoms with Crippen LogP contribution in [0.5, 0.6) is 0 Å². The largest absolute Gasteiger partial charge is 0.311 e. The Labute approximate surface area is 133 Å². The number of hydrogen-bond donors (Lipinski definition) is 1. The average Bonchev–Trinajstić information content (AvgIpc) is 2.54. The fourth-order valence-corrected chi connectivity index (χ4v) is 4.59. The minimum absolute atomic E-state index is 0.709. The molecule has 0 aromatic rings. The van der Waals surface area contributed by atoms with E-state index >= 15 is 0 Å². The molecular weight excluding hydrogens is 256 g/mol. The van der Waals surface area contributed by atoms with Crippen molar-refractivity contribution in [3.05, 3.63) is 0 Å². The van der Waals surface area contributed by atoms with Gasteiger partial charge in [-0.1, -0.05) is 33.1 Å². The summed E-state index contributed by atoms with van der Waals surface area (Å²) in [7, 11) is 0. The van der Waals surface area contributed by atoms with Crippen LogP contribution >= 0.6 is 0 Å². The Morgan fingerprint density at radius 3 is 2.19 bits per heavy atom. The van der Waals surface area contributed by atoms with Gasteiger partial charge >= 0.3 is 0 Å². The van der Waals surface area contributed by atoms with Gasteiger partial charge in [-0.2, -0.15) is 0 Å². The SMILES string of the molecule is CCCN1CCC(C(C)NC(CC)C2CCCCC2)CC1. The van der Waals surface area contributed by atoms with E-state index in [9.17, 15) is 0 Å². The molecule has 1 heterocycles. The van der Waals surface area contributed by atoms with E-state index < -0.39 is 0 Å². The molecule has 0 spiro atoms. The van der Waals surface area contributed by atoms with Crippen LogP contribution in [0.15, 0.2) is 0 Å². The van der Waals surface area contributed by atoms with Gasteiger partial charge in [-0.25, -0.2) is 0 Å². The first-order valence-electron chi connectivity index (χ1n) is 9.73. The Bertz CT molecular complexity index is 265. The van der Waals surface area contributed by atoms with Gasteiger partial charge in [-0.15, -0.1) is 0 Å². The van der Waals surface area contributed by atoms with Crippen LogP contribution in [0.25, 0.3) is 0 Å². The average molecular weight is 295 g/mol. The van der Waals surface area contributed by atoms with Crippen molar-refractivity contribution in [2.75, 3.05) is 19.6 Å². The summed E-state index contributed by atoms with van der Waals surface area (Å²) in [6.45, 7) is 11.1.